The number of benzene rings is 3. The Morgan fingerprint density at radius 1 is 1.11 bits per heavy atom. The van der Waals surface area contributed by atoms with Crippen LogP contribution in [0.1, 0.15) is 25.3 Å². The van der Waals surface area contributed by atoms with Crippen LogP contribution in [0.2, 0.25) is 0 Å². The van der Waals surface area contributed by atoms with E-state index in [1.165, 1.54) is 18.2 Å². The molecule has 0 radical (unpaired) electrons. The van der Waals surface area contributed by atoms with Crippen LogP contribution in [-0.2, 0) is 21.2 Å². The maximum Gasteiger partial charge on any atom is 0.292 e. The molecule has 1 aliphatic rings. The SMILES string of the molecule is CC1CCN(C(=O)C(Cc2ccc(N)c([N+](=O)[O-])c2)NS(=O)(=O)c2ccc3ccccc3c2)CC1. The van der Waals surface area contributed by atoms with E-state index in [1.807, 2.05) is 24.3 Å². The van der Waals surface area contributed by atoms with Crippen molar-refractivity contribution in [3.05, 3.63) is 76.3 Å². The molecule has 3 N–H and O–H groups in total. The Hall–Kier alpha value is -3.50. The number of anilines is 1. The summed E-state index contributed by atoms with van der Waals surface area (Å²) in [6.45, 7) is 3.20. The van der Waals surface area contributed by atoms with Gasteiger partial charge < -0.3 is 10.6 Å². The summed E-state index contributed by atoms with van der Waals surface area (Å²) in [6.07, 6.45) is 1.63. The molecule has 0 saturated carbocycles. The highest BCUT2D eigenvalue weighted by atomic mass is 32.2. The van der Waals surface area contributed by atoms with Crippen molar-refractivity contribution in [1.29, 1.82) is 0 Å². The first-order valence-electron chi connectivity index (χ1n) is 11.5. The largest absolute Gasteiger partial charge is 0.393 e. The summed E-state index contributed by atoms with van der Waals surface area (Å²) in [4.78, 5) is 25.9. The molecule has 1 aliphatic heterocycles. The predicted octanol–water partition coefficient (Wildman–Crippen LogP) is 3.48. The predicted molar refractivity (Wildman–Crippen MR) is 134 cm³/mol. The molecule has 3 aromatic rings. The van der Waals surface area contributed by atoms with Gasteiger partial charge in [-0.3, -0.25) is 14.9 Å². The molecule has 10 heteroatoms. The molecule has 0 spiro atoms. The third-order valence-corrected chi connectivity index (χ3v) is 7.92. The van der Waals surface area contributed by atoms with E-state index in [4.69, 9.17) is 5.73 Å². The van der Waals surface area contributed by atoms with Crippen LogP contribution in [0.25, 0.3) is 10.8 Å². The van der Waals surface area contributed by atoms with Crippen molar-refractivity contribution in [3.63, 3.8) is 0 Å². The lowest BCUT2D eigenvalue weighted by Crippen LogP contribution is -2.51. The van der Waals surface area contributed by atoms with E-state index in [2.05, 4.69) is 11.6 Å². The van der Waals surface area contributed by atoms with Crippen LogP contribution in [0.5, 0.6) is 0 Å². The van der Waals surface area contributed by atoms with Crippen molar-refractivity contribution >= 4 is 38.1 Å². The van der Waals surface area contributed by atoms with Crippen LogP contribution in [0.15, 0.2) is 65.6 Å². The number of nitro groups is 1. The maximum absolute atomic E-state index is 13.5. The molecule has 1 fully saturated rings. The van der Waals surface area contributed by atoms with Crippen molar-refractivity contribution in [2.24, 2.45) is 5.92 Å². The van der Waals surface area contributed by atoms with Gasteiger partial charge in [0.2, 0.25) is 15.9 Å². The third-order valence-electron chi connectivity index (χ3n) is 6.45. The number of nitrogens with zero attached hydrogens (tertiary/aromatic N) is 2. The van der Waals surface area contributed by atoms with Gasteiger partial charge in [-0.2, -0.15) is 4.72 Å². The van der Waals surface area contributed by atoms with Crippen molar-refractivity contribution in [1.82, 2.24) is 9.62 Å². The number of nitrogens with one attached hydrogen (secondary N) is 1. The molecule has 1 amide bonds. The number of sulfonamides is 1. The molecule has 0 aliphatic carbocycles. The molecule has 1 atom stereocenters. The Bertz CT molecular complexity index is 1370. The van der Waals surface area contributed by atoms with E-state index in [-0.39, 0.29) is 28.6 Å². The van der Waals surface area contributed by atoms with E-state index in [9.17, 15) is 23.3 Å². The minimum atomic E-state index is -4.06. The Morgan fingerprint density at radius 3 is 2.49 bits per heavy atom. The zero-order valence-corrected chi connectivity index (χ0v) is 20.2. The van der Waals surface area contributed by atoms with Crippen LogP contribution in [-0.4, -0.2) is 43.3 Å². The van der Waals surface area contributed by atoms with Crippen LogP contribution >= 0.6 is 0 Å². The zero-order valence-electron chi connectivity index (χ0n) is 19.4. The molecule has 1 unspecified atom stereocenters. The lowest BCUT2D eigenvalue weighted by molar-refractivity contribution is -0.384. The number of carbonyl (C=O) groups excluding carboxylic acids is 1. The number of rotatable bonds is 7. The Labute approximate surface area is 204 Å². The van der Waals surface area contributed by atoms with Gasteiger partial charge in [-0.05, 0) is 59.7 Å². The van der Waals surface area contributed by atoms with Crippen LogP contribution < -0.4 is 10.5 Å². The lowest BCUT2D eigenvalue weighted by atomic mass is 9.97. The fourth-order valence-electron chi connectivity index (χ4n) is 4.33. The van der Waals surface area contributed by atoms with Crippen molar-refractivity contribution in [3.8, 4) is 0 Å². The van der Waals surface area contributed by atoms with Crippen molar-refractivity contribution in [2.75, 3.05) is 18.8 Å². The third kappa shape index (κ3) is 5.60. The van der Waals surface area contributed by atoms with Gasteiger partial charge in [0.15, 0.2) is 0 Å². The number of nitro benzene ring substituents is 1. The van der Waals surface area contributed by atoms with Gasteiger partial charge in [-0.15, -0.1) is 0 Å². The van der Waals surface area contributed by atoms with E-state index in [1.54, 1.807) is 23.1 Å². The van der Waals surface area contributed by atoms with Gasteiger partial charge in [0.1, 0.15) is 11.7 Å². The number of amides is 1. The zero-order chi connectivity index (χ0) is 25.2. The molecule has 9 nitrogen and oxygen atoms in total. The highest BCUT2D eigenvalue weighted by molar-refractivity contribution is 7.89. The summed E-state index contributed by atoms with van der Waals surface area (Å²) < 4.78 is 29.2. The summed E-state index contributed by atoms with van der Waals surface area (Å²) in [7, 11) is -4.06. The normalized spacial score (nSPS) is 15.7. The van der Waals surface area contributed by atoms with Gasteiger partial charge in [-0.25, -0.2) is 8.42 Å². The molecule has 0 bridgehead atoms. The van der Waals surface area contributed by atoms with Gasteiger partial charge in [0.25, 0.3) is 5.69 Å². The summed E-state index contributed by atoms with van der Waals surface area (Å²) >= 11 is 0. The molecule has 3 aromatic carbocycles. The van der Waals surface area contributed by atoms with Gasteiger partial charge in [-0.1, -0.05) is 43.3 Å². The van der Waals surface area contributed by atoms with Gasteiger partial charge in [0, 0.05) is 19.2 Å². The summed E-state index contributed by atoms with van der Waals surface area (Å²) in [5, 5.41) is 13.0. The van der Waals surface area contributed by atoms with E-state index in [0.29, 0.717) is 24.6 Å². The molecule has 184 valence electrons. The number of fused-ring (bicyclic) bond motifs is 1. The lowest BCUT2D eigenvalue weighted by Gasteiger charge is -2.33. The first-order chi connectivity index (χ1) is 16.6. The Morgan fingerprint density at radius 2 is 1.80 bits per heavy atom. The minimum absolute atomic E-state index is 0.00314. The summed E-state index contributed by atoms with van der Waals surface area (Å²) in [5.74, 6) is 0.146. The average Bonchev–Trinajstić information content (AvgIpc) is 2.84. The number of hydrogen-bond donors (Lipinski definition) is 2. The summed E-state index contributed by atoms with van der Waals surface area (Å²) in [6, 6.07) is 15.3. The van der Waals surface area contributed by atoms with Crippen LogP contribution in [0.4, 0.5) is 11.4 Å². The topological polar surface area (TPSA) is 136 Å². The van der Waals surface area contributed by atoms with Crippen LogP contribution in [0.3, 0.4) is 0 Å². The molecule has 0 aromatic heterocycles. The second-order valence-electron chi connectivity index (χ2n) is 9.05. The van der Waals surface area contributed by atoms with Gasteiger partial charge in [0.05, 0.1) is 9.82 Å². The number of nitrogens with two attached hydrogens (primary N) is 1. The fourth-order valence-corrected chi connectivity index (χ4v) is 5.55. The fraction of sp³-hybridized carbons (Fsp3) is 0.320. The van der Waals surface area contributed by atoms with E-state index >= 15 is 0 Å². The smallest absolute Gasteiger partial charge is 0.292 e. The number of carbonyl (C=O) groups is 1. The number of hydrogen-bond acceptors (Lipinski definition) is 6. The van der Waals surface area contributed by atoms with Gasteiger partial charge >= 0.3 is 0 Å². The minimum Gasteiger partial charge on any atom is -0.393 e. The average molecular weight is 497 g/mol. The monoisotopic (exact) mass is 496 g/mol. The second kappa shape index (κ2) is 10.0. The first kappa shape index (κ1) is 24.6. The molecule has 1 heterocycles. The number of piperidine rings is 1. The molecule has 4 rings (SSSR count). The Balaban J connectivity index is 1.65. The Kier molecular flexibility index (Phi) is 7.04. The highest BCUT2D eigenvalue weighted by Gasteiger charge is 2.31. The first-order valence-corrected chi connectivity index (χ1v) is 12.9. The number of likely N-dealkylation sites (tertiary alicyclic amines) is 1. The molecule has 1 saturated heterocycles. The van der Waals surface area contributed by atoms with Crippen molar-refractivity contribution < 1.29 is 18.1 Å². The highest BCUT2D eigenvalue weighted by Crippen LogP contribution is 2.25. The van der Waals surface area contributed by atoms with Crippen molar-refractivity contribution in [2.45, 2.75) is 37.1 Å². The number of nitrogen functional groups attached to an aromatic ring is 1. The van der Waals surface area contributed by atoms with Crippen LogP contribution in [0, 0.1) is 16.0 Å². The quantitative estimate of drug-likeness (QED) is 0.292. The standard InChI is InChI=1S/C25H28N4O5S/c1-17-10-12-28(13-11-17)25(30)23(14-18-6-9-22(26)24(15-18)29(31)32)27-35(33,34)21-8-7-19-4-2-3-5-20(19)16-21/h2-9,15-17,23,27H,10-14,26H2,1H3. The molecule has 35 heavy (non-hydrogen) atoms. The van der Waals surface area contributed by atoms with E-state index in [0.717, 1.165) is 23.6 Å². The summed E-state index contributed by atoms with van der Waals surface area (Å²) in [5.41, 5.74) is 5.87. The maximum atomic E-state index is 13.5. The second-order valence-corrected chi connectivity index (χ2v) is 10.8. The molecular formula is C25H28N4O5S. The molecular weight excluding hydrogens is 468 g/mol. The van der Waals surface area contributed by atoms with E-state index < -0.39 is 21.0 Å².